The largest absolute Gasteiger partial charge is 0.507 e. The van der Waals surface area contributed by atoms with Crippen LogP contribution in [0.1, 0.15) is 34.8 Å². The minimum Gasteiger partial charge on any atom is -0.507 e. The number of fused-ring (bicyclic) bond motifs is 1. The van der Waals surface area contributed by atoms with Gasteiger partial charge in [-0.2, -0.15) is 5.10 Å². The fourth-order valence-electron chi connectivity index (χ4n) is 3.40. The van der Waals surface area contributed by atoms with E-state index in [1.165, 1.54) is 9.58 Å². The van der Waals surface area contributed by atoms with Crippen molar-refractivity contribution >= 4 is 28.6 Å². The molecule has 0 radical (unpaired) electrons. The number of carbonyl (C=O) groups is 3. The molecule has 4 rings (SSSR count). The fraction of sp³-hybridized carbons (Fsp3) is 0.200. The Hall–Kier alpha value is -3.68. The molecule has 142 valence electrons. The van der Waals surface area contributed by atoms with Gasteiger partial charge in [0.25, 0.3) is 5.91 Å². The van der Waals surface area contributed by atoms with Crippen LogP contribution in [0.15, 0.2) is 48.7 Å². The molecule has 8 heteroatoms. The number of primary amides is 1. The van der Waals surface area contributed by atoms with E-state index >= 15 is 0 Å². The van der Waals surface area contributed by atoms with Crippen LogP contribution in [-0.4, -0.2) is 37.5 Å². The highest BCUT2D eigenvalue weighted by Gasteiger charge is 2.36. The molecule has 2 aromatic carbocycles. The van der Waals surface area contributed by atoms with E-state index in [4.69, 9.17) is 5.73 Å². The fourth-order valence-corrected chi connectivity index (χ4v) is 3.40. The predicted octanol–water partition coefficient (Wildman–Crippen LogP) is 1.73. The number of hydrogen-bond donors (Lipinski definition) is 2. The third-order valence-electron chi connectivity index (χ3n) is 4.93. The average molecular weight is 378 g/mol. The van der Waals surface area contributed by atoms with Crippen LogP contribution in [0.3, 0.4) is 0 Å². The highest BCUT2D eigenvalue weighted by Crippen LogP contribution is 2.29. The van der Waals surface area contributed by atoms with Crippen molar-refractivity contribution in [3.05, 3.63) is 59.8 Å². The molecule has 1 saturated heterocycles. The number of carbonyl (C=O) groups excluding carboxylic acids is 3. The number of nitrogens with two attached hydrogens (primary N) is 1. The van der Waals surface area contributed by atoms with Gasteiger partial charge in [0, 0.05) is 18.2 Å². The second-order valence-corrected chi connectivity index (χ2v) is 6.75. The van der Waals surface area contributed by atoms with Crippen LogP contribution in [0, 0.1) is 0 Å². The number of rotatable bonds is 4. The van der Waals surface area contributed by atoms with Crippen molar-refractivity contribution in [2.75, 3.05) is 0 Å². The van der Waals surface area contributed by atoms with Crippen molar-refractivity contribution in [1.82, 2.24) is 14.7 Å². The number of amides is 3. The van der Waals surface area contributed by atoms with E-state index in [2.05, 4.69) is 5.10 Å². The zero-order chi connectivity index (χ0) is 19.8. The number of piperidine rings is 1. The van der Waals surface area contributed by atoms with Gasteiger partial charge in [0.15, 0.2) is 0 Å². The first-order valence-electron chi connectivity index (χ1n) is 8.84. The molecule has 1 fully saturated rings. The number of imide groups is 1. The van der Waals surface area contributed by atoms with Crippen molar-refractivity contribution in [3.8, 4) is 5.75 Å². The third-order valence-corrected chi connectivity index (χ3v) is 4.93. The molecule has 3 N–H and O–H groups in total. The Balaban J connectivity index is 1.59. The summed E-state index contributed by atoms with van der Waals surface area (Å²) in [5.41, 5.74) is 6.89. The standard InChI is InChI=1S/C20H18N4O4/c21-19(27)13-6-4-12(5-7-13)10-23-18(26)9-8-16(20(23)28)24-11-14-15(22-24)2-1-3-17(14)25/h1-7,11,16,25H,8-10H2,(H2,21,27). The number of hydrogen-bond acceptors (Lipinski definition) is 5. The van der Waals surface area contributed by atoms with Crippen molar-refractivity contribution < 1.29 is 19.5 Å². The summed E-state index contributed by atoms with van der Waals surface area (Å²) in [6.45, 7) is 0.110. The van der Waals surface area contributed by atoms with E-state index in [0.29, 0.717) is 22.9 Å². The number of phenolic OH excluding ortho intramolecular Hbond substituents is 1. The van der Waals surface area contributed by atoms with Crippen molar-refractivity contribution in [2.45, 2.75) is 25.4 Å². The molecular weight excluding hydrogens is 360 g/mol. The van der Waals surface area contributed by atoms with Gasteiger partial charge in [-0.15, -0.1) is 0 Å². The number of phenols is 1. The third kappa shape index (κ3) is 3.09. The molecule has 1 aliphatic rings. The van der Waals surface area contributed by atoms with Crippen molar-refractivity contribution in [1.29, 1.82) is 0 Å². The number of likely N-dealkylation sites (tertiary alicyclic amines) is 1. The molecule has 0 saturated carbocycles. The quantitative estimate of drug-likeness (QED) is 0.670. The molecule has 1 atom stereocenters. The SMILES string of the molecule is NC(=O)c1ccc(CN2C(=O)CCC(n3cc4c(O)cccc4n3)C2=O)cc1. The van der Waals surface area contributed by atoms with Crippen LogP contribution in [0.5, 0.6) is 5.75 Å². The maximum atomic E-state index is 13.0. The van der Waals surface area contributed by atoms with Gasteiger partial charge in [0.2, 0.25) is 11.8 Å². The first kappa shape index (κ1) is 17.7. The van der Waals surface area contributed by atoms with Gasteiger partial charge >= 0.3 is 0 Å². The zero-order valence-corrected chi connectivity index (χ0v) is 14.9. The average Bonchev–Trinajstić information content (AvgIpc) is 3.11. The molecule has 1 unspecified atom stereocenters. The van der Waals surface area contributed by atoms with Crippen molar-refractivity contribution in [2.24, 2.45) is 5.73 Å². The Kier molecular flexibility index (Phi) is 4.31. The monoisotopic (exact) mass is 378 g/mol. The first-order valence-corrected chi connectivity index (χ1v) is 8.84. The smallest absolute Gasteiger partial charge is 0.254 e. The summed E-state index contributed by atoms with van der Waals surface area (Å²) in [7, 11) is 0. The second kappa shape index (κ2) is 6.80. The van der Waals surface area contributed by atoms with Crippen LogP contribution in [-0.2, 0) is 16.1 Å². The summed E-state index contributed by atoms with van der Waals surface area (Å²) >= 11 is 0. The van der Waals surface area contributed by atoms with Crippen LogP contribution < -0.4 is 5.73 Å². The molecule has 3 aromatic rings. The Labute approximate surface area is 160 Å². The van der Waals surface area contributed by atoms with Gasteiger partial charge in [-0.1, -0.05) is 18.2 Å². The number of nitrogens with zero attached hydrogens (tertiary/aromatic N) is 3. The van der Waals surface area contributed by atoms with Gasteiger partial charge in [-0.25, -0.2) is 0 Å². The summed E-state index contributed by atoms with van der Waals surface area (Å²) in [5.74, 6) is -1.04. The lowest BCUT2D eigenvalue weighted by atomic mass is 10.0. The van der Waals surface area contributed by atoms with E-state index < -0.39 is 11.9 Å². The highest BCUT2D eigenvalue weighted by atomic mass is 16.3. The molecule has 8 nitrogen and oxygen atoms in total. The molecule has 0 aliphatic carbocycles. The molecule has 3 amide bonds. The normalized spacial score (nSPS) is 17.3. The minimum atomic E-state index is -0.616. The number of aromatic hydroxyl groups is 1. The second-order valence-electron chi connectivity index (χ2n) is 6.75. The van der Waals surface area contributed by atoms with Crippen LogP contribution in [0.25, 0.3) is 10.9 Å². The number of aromatic nitrogens is 2. The van der Waals surface area contributed by atoms with Crippen LogP contribution in [0.2, 0.25) is 0 Å². The topological polar surface area (TPSA) is 119 Å². The summed E-state index contributed by atoms with van der Waals surface area (Å²) in [6, 6.07) is 10.9. The van der Waals surface area contributed by atoms with Gasteiger partial charge in [0.05, 0.1) is 17.4 Å². The Morgan fingerprint density at radius 2 is 1.93 bits per heavy atom. The Morgan fingerprint density at radius 3 is 2.61 bits per heavy atom. The first-order chi connectivity index (χ1) is 13.4. The van der Waals surface area contributed by atoms with E-state index in [0.717, 1.165) is 5.56 Å². The zero-order valence-electron chi connectivity index (χ0n) is 14.9. The maximum Gasteiger partial charge on any atom is 0.254 e. The van der Waals surface area contributed by atoms with E-state index in [1.54, 1.807) is 48.7 Å². The lowest BCUT2D eigenvalue weighted by Crippen LogP contribution is -2.45. The van der Waals surface area contributed by atoms with Gasteiger partial charge in [0.1, 0.15) is 11.8 Å². The summed E-state index contributed by atoms with van der Waals surface area (Å²) in [5, 5.41) is 14.9. The summed E-state index contributed by atoms with van der Waals surface area (Å²) < 4.78 is 1.52. The van der Waals surface area contributed by atoms with Crippen LogP contribution in [0.4, 0.5) is 0 Å². The molecule has 28 heavy (non-hydrogen) atoms. The molecule has 1 aromatic heterocycles. The molecule has 2 heterocycles. The van der Waals surface area contributed by atoms with Gasteiger partial charge in [-0.3, -0.25) is 24.0 Å². The van der Waals surface area contributed by atoms with E-state index in [-0.39, 0.29) is 30.5 Å². The van der Waals surface area contributed by atoms with Gasteiger partial charge in [-0.05, 0) is 36.2 Å². The number of benzene rings is 2. The predicted molar refractivity (Wildman–Crippen MR) is 100 cm³/mol. The molecule has 0 spiro atoms. The van der Waals surface area contributed by atoms with E-state index in [9.17, 15) is 19.5 Å². The molecular formula is C20H18N4O4. The van der Waals surface area contributed by atoms with Crippen molar-refractivity contribution in [3.63, 3.8) is 0 Å². The summed E-state index contributed by atoms with van der Waals surface area (Å²) in [6.07, 6.45) is 2.20. The summed E-state index contributed by atoms with van der Waals surface area (Å²) in [4.78, 5) is 37.7. The molecule has 0 bridgehead atoms. The van der Waals surface area contributed by atoms with Crippen LogP contribution >= 0.6 is 0 Å². The maximum absolute atomic E-state index is 13.0. The lowest BCUT2D eigenvalue weighted by molar-refractivity contribution is -0.152. The molecule has 1 aliphatic heterocycles. The van der Waals surface area contributed by atoms with Gasteiger partial charge < -0.3 is 10.8 Å². The van der Waals surface area contributed by atoms with E-state index in [1.807, 2.05) is 0 Å². The highest BCUT2D eigenvalue weighted by molar-refractivity contribution is 5.99. The lowest BCUT2D eigenvalue weighted by Gasteiger charge is -2.30. The minimum absolute atomic E-state index is 0.0921. The Morgan fingerprint density at radius 1 is 1.18 bits per heavy atom. The Bertz CT molecular complexity index is 1090.